The van der Waals surface area contributed by atoms with Crippen LogP contribution in [0.5, 0.6) is 0 Å². The lowest BCUT2D eigenvalue weighted by atomic mass is 9.91. The third-order valence-electron chi connectivity index (χ3n) is 4.13. The van der Waals surface area contributed by atoms with Gasteiger partial charge in [-0.1, -0.05) is 12.1 Å². The van der Waals surface area contributed by atoms with Crippen LogP contribution in [0.2, 0.25) is 0 Å². The molecule has 3 rings (SSSR count). The molecular weight excluding hydrogens is 300 g/mol. The molecule has 2 heterocycles. The van der Waals surface area contributed by atoms with E-state index in [9.17, 15) is 14.9 Å². The highest BCUT2D eigenvalue weighted by Crippen LogP contribution is 2.30. The summed E-state index contributed by atoms with van der Waals surface area (Å²) in [7, 11) is 0. The van der Waals surface area contributed by atoms with Crippen LogP contribution >= 0.6 is 11.3 Å². The van der Waals surface area contributed by atoms with Gasteiger partial charge in [-0.25, -0.2) is 0 Å². The molecule has 1 aromatic carbocycles. The first-order chi connectivity index (χ1) is 10.7. The highest BCUT2D eigenvalue weighted by atomic mass is 32.1. The van der Waals surface area contributed by atoms with Crippen LogP contribution in [-0.2, 0) is 0 Å². The maximum atomic E-state index is 12.5. The summed E-state index contributed by atoms with van der Waals surface area (Å²) in [6.45, 7) is 1.29. The van der Waals surface area contributed by atoms with Gasteiger partial charge in [0.15, 0.2) is 0 Å². The SMILES string of the molecule is O=C(c1ccccc1[N+](=O)[O-])N1CCC(c2ccsc2)CC1. The van der Waals surface area contributed by atoms with E-state index in [2.05, 4.69) is 16.8 Å². The molecule has 1 amide bonds. The predicted molar refractivity (Wildman–Crippen MR) is 85.3 cm³/mol. The summed E-state index contributed by atoms with van der Waals surface area (Å²) in [5.41, 5.74) is 1.40. The maximum Gasteiger partial charge on any atom is 0.282 e. The Bertz CT molecular complexity index is 676. The number of nitrogens with zero attached hydrogens (tertiary/aromatic N) is 2. The lowest BCUT2D eigenvalue weighted by Crippen LogP contribution is -2.38. The van der Waals surface area contributed by atoms with Crippen molar-refractivity contribution in [1.82, 2.24) is 4.90 Å². The molecule has 0 spiro atoms. The van der Waals surface area contributed by atoms with Gasteiger partial charge in [0.1, 0.15) is 5.56 Å². The third-order valence-corrected chi connectivity index (χ3v) is 4.83. The van der Waals surface area contributed by atoms with Gasteiger partial charge >= 0.3 is 0 Å². The molecule has 0 atom stereocenters. The largest absolute Gasteiger partial charge is 0.338 e. The molecule has 0 N–H and O–H groups in total. The van der Waals surface area contributed by atoms with Gasteiger partial charge in [0.05, 0.1) is 4.92 Å². The Hall–Kier alpha value is -2.21. The first-order valence-electron chi connectivity index (χ1n) is 7.21. The molecule has 22 heavy (non-hydrogen) atoms. The van der Waals surface area contributed by atoms with Crippen LogP contribution in [0.1, 0.15) is 34.7 Å². The van der Waals surface area contributed by atoms with Gasteiger partial charge in [-0.15, -0.1) is 0 Å². The van der Waals surface area contributed by atoms with Gasteiger partial charge in [-0.3, -0.25) is 14.9 Å². The molecule has 0 unspecified atom stereocenters. The second-order valence-corrected chi connectivity index (χ2v) is 6.18. The van der Waals surface area contributed by atoms with Crippen LogP contribution in [0.3, 0.4) is 0 Å². The van der Waals surface area contributed by atoms with Gasteiger partial charge in [-0.05, 0) is 47.2 Å². The molecule has 0 aliphatic carbocycles. The Morgan fingerprint density at radius 1 is 1.23 bits per heavy atom. The highest BCUT2D eigenvalue weighted by Gasteiger charge is 2.28. The normalized spacial score (nSPS) is 15.7. The zero-order chi connectivity index (χ0) is 15.5. The zero-order valence-electron chi connectivity index (χ0n) is 12.0. The summed E-state index contributed by atoms with van der Waals surface area (Å²) in [6, 6.07) is 8.29. The van der Waals surface area contributed by atoms with Crippen LogP contribution in [0.25, 0.3) is 0 Å². The molecule has 1 fully saturated rings. The number of carbonyl (C=O) groups excluding carboxylic acids is 1. The molecule has 2 aromatic rings. The minimum atomic E-state index is -0.495. The summed E-state index contributed by atoms with van der Waals surface area (Å²) in [5.74, 6) is 0.247. The number of benzene rings is 1. The lowest BCUT2D eigenvalue weighted by molar-refractivity contribution is -0.385. The molecule has 6 heteroatoms. The molecule has 5 nitrogen and oxygen atoms in total. The summed E-state index contributed by atoms with van der Waals surface area (Å²) < 4.78 is 0. The molecule has 114 valence electrons. The molecule has 1 aromatic heterocycles. The minimum Gasteiger partial charge on any atom is -0.338 e. The zero-order valence-corrected chi connectivity index (χ0v) is 12.8. The number of hydrogen-bond acceptors (Lipinski definition) is 4. The first kappa shape index (κ1) is 14.7. The van der Waals surface area contributed by atoms with Crippen LogP contribution in [-0.4, -0.2) is 28.8 Å². The number of carbonyl (C=O) groups is 1. The number of para-hydroxylation sites is 1. The van der Waals surface area contributed by atoms with E-state index in [0.717, 1.165) is 12.8 Å². The van der Waals surface area contributed by atoms with Gasteiger partial charge in [-0.2, -0.15) is 11.3 Å². The molecule has 0 radical (unpaired) electrons. The number of amides is 1. The van der Waals surface area contributed by atoms with Gasteiger partial charge in [0, 0.05) is 19.2 Å². The van der Waals surface area contributed by atoms with E-state index in [-0.39, 0.29) is 17.2 Å². The average Bonchev–Trinajstić information content (AvgIpc) is 3.09. The summed E-state index contributed by atoms with van der Waals surface area (Å²) in [5, 5.41) is 15.3. The maximum absolute atomic E-state index is 12.5. The minimum absolute atomic E-state index is 0.118. The van der Waals surface area contributed by atoms with Crippen molar-refractivity contribution in [3.8, 4) is 0 Å². The molecule has 0 saturated carbocycles. The lowest BCUT2D eigenvalue weighted by Gasteiger charge is -2.31. The van der Waals surface area contributed by atoms with Gasteiger partial charge in [0.2, 0.25) is 0 Å². The second-order valence-electron chi connectivity index (χ2n) is 5.40. The fourth-order valence-corrected chi connectivity index (χ4v) is 3.65. The molecular formula is C16H16N2O3S. The van der Waals surface area contributed by atoms with Crippen LogP contribution in [0, 0.1) is 10.1 Å². The van der Waals surface area contributed by atoms with Crippen LogP contribution in [0.4, 0.5) is 5.69 Å². The van der Waals surface area contributed by atoms with Crippen molar-refractivity contribution in [2.24, 2.45) is 0 Å². The Kier molecular flexibility index (Phi) is 4.20. The van der Waals surface area contributed by atoms with E-state index >= 15 is 0 Å². The summed E-state index contributed by atoms with van der Waals surface area (Å²) >= 11 is 1.69. The van der Waals surface area contributed by atoms with Crippen LogP contribution in [0.15, 0.2) is 41.1 Å². The Labute approximate surface area is 132 Å². The Balaban J connectivity index is 1.71. The average molecular weight is 316 g/mol. The number of nitro benzene ring substituents is 1. The van der Waals surface area contributed by atoms with E-state index < -0.39 is 4.92 Å². The van der Waals surface area contributed by atoms with Crippen molar-refractivity contribution >= 4 is 22.9 Å². The Morgan fingerprint density at radius 2 is 1.95 bits per heavy atom. The number of rotatable bonds is 3. The fraction of sp³-hybridized carbons (Fsp3) is 0.312. The quantitative estimate of drug-likeness (QED) is 0.641. The molecule has 0 bridgehead atoms. The van der Waals surface area contributed by atoms with Crippen LogP contribution < -0.4 is 0 Å². The molecule has 1 aliphatic heterocycles. The monoisotopic (exact) mass is 316 g/mol. The van der Waals surface area contributed by atoms with E-state index in [1.807, 2.05) is 0 Å². The van der Waals surface area contributed by atoms with E-state index in [0.29, 0.717) is 19.0 Å². The van der Waals surface area contributed by atoms with E-state index in [1.54, 1.807) is 28.4 Å². The summed E-state index contributed by atoms with van der Waals surface area (Å²) in [6.07, 6.45) is 1.81. The second kappa shape index (κ2) is 6.27. The van der Waals surface area contributed by atoms with E-state index in [4.69, 9.17) is 0 Å². The number of likely N-dealkylation sites (tertiary alicyclic amines) is 1. The molecule has 1 aliphatic rings. The summed E-state index contributed by atoms with van der Waals surface area (Å²) in [4.78, 5) is 24.8. The first-order valence-corrected chi connectivity index (χ1v) is 8.16. The standard InChI is InChI=1S/C16H16N2O3S/c19-16(14-3-1-2-4-15(14)18(20)21)17-8-5-12(6-9-17)13-7-10-22-11-13/h1-4,7,10-12H,5-6,8-9H2. The van der Waals surface area contributed by atoms with Crippen molar-refractivity contribution in [2.45, 2.75) is 18.8 Å². The van der Waals surface area contributed by atoms with Crippen molar-refractivity contribution in [1.29, 1.82) is 0 Å². The number of thiophene rings is 1. The highest BCUT2D eigenvalue weighted by molar-refractivity contribution is 7.07. The predicted octanol–water partition coefficient (Wildman–Crippen LogP) is 3.68. The number of hydrogen-bond donors (Lipinski definition) is 0. The fourth-order valence-electron chi connectivity index (χ4n) is 2.91. The third kappa shape index (κ3) is 2.87. The van der Waals surface area contributed by atoms with Crippen molar-refractivity contribution in [2.75, 3.05) is 13.1 Å². The van der Waals surface area contributed by atoms with Crippen molar-refractivity contribution < 1.29 is 9.72 Å². The topological polar surface area (TPSA) is 63.4 Å². The van der Waals surface area contributed by atoms with Gasteiger partial charge < -0.3 is 4.90 Å². The number of piperidine rings is 1. The number of nitro groups is 1. The van der Waals surface area contributed by atoms with Crippen molar-refractivity contribution in [3.63, 3.8) is 0 Å². The van der Waals surface area contributed by atoms with Gasteiger partial charge in [0.25, 0.3) is 11.6 Å². The Morgan fingerprint density at radius 3 is 2.59 bits per heavy atom. The smallest absolute Gasteiger partial charge is 0.282 e. The molecule has 1 saturated heterocycles. The van der Waals surface area contributed by atoms with E-state index in [1.165, 1.54) is 17.7 Å². The van der Waals surface area contributed by atoms with Crippen molar-refractivity contribution in [3.05, 3.63) is 62.3 Å².